The van der Waals surface area contributed by atoms with Crippen LogP contribution in [-0.4, -0.2) is 48.9 Å². The molecule has 4 nitrogen and oxygen atoms in total. The maximum Gasteiger partial charge on any atom is 0.220 e. The molecule has 0 aromatic heterocycles. The number of hydrogen-bond acceptors (Lipinski definition) is 3. The van der Waals surface area contributed by atoms with Crippen LogP contribution >= 0.6 is 11.6 Å². The Morgan fingerprint density at radius 3 is 2.84 bits per heavy atom. The third-order valence-electron chi connectivity index (χ3n) is 7.76. The SMILES string of the molecule is CN1C=C2C[C@@H]3[C@H](C[C@@H](CNC(=O)CCc4ccc(Cl)cc4)CN3C)C3C=CC=C1C23. The predicted molar refractivity (Wildman–Crippen MR) is 125 cm³/mol. The molecular formula is C26H32ClN3O. The Labute approximate surface area is 190 Å². The lowest BCUT2D eigenvalue weighted by Crippen LogP contribution is -2.54. The molecule has 2 unspecified atom stereocenters. The molecule has 2 aliphatic carbocycles. The van der Waals surface area contributed by atoms with E-state index in [0.29, 0.717) is 36.1 Å². The highest BCUT2D eigenvalue weighted by molar-refractivity contribution is 6.30. The fraction of sp³-hybridized carbons (Fsp3) is 0.500. The van der Waals surface area contributed by atoms with Gasteiger partial charge < -0.3 is 15.1 Å². The van der Waals surface area contributed by atoms with Crippen LogP contribution in [0.15, 0.2) is 60.0 Å². The van der Waals surface area contributed by atoms with E-state index < -0.39 is 0 Å². The first-order valence-corrected chi connectivity index (χ1v) is 11.9. The lowest BCUT2D eigenvalue weighted by atomic mass is 9.61. The van der Waals surface area contributed by atoms with Crippen LogP contribution in [0.2, 0.25) is 5.02 Å². The molecule has 0 bridgehead atoms. The summed E-state index contributed by atoms with van der Waals surface area (Å²) in [6.45, 7) is 1.84. The lowest BCUT2D eigenvalue weighted by molar-refractivity contribution is -0.121. The van der Waals surface area contributed by atoms with Gasteiger partial charge in [-0.05, 0) is 73.4 Å². The normalized spacial score (nSPS) is 31.6. The standard InChI is InChI=1S/C26H32ClN3O/c1-29-15-18(14-28-25(31)11-8-17-6-9-20(27)10-7-17)12-22-21-4-3-5-23-26(21)19(13-24(22)29)16-30(23)2/h3-7,9-10,16,18,21-22,24,26H,8,11-15H2,1-2H3,(H,28,31)/t18-,21?,22+,24+,26?/m0/s1. The summed E-state index contributed by atoms with van der Waals surface area (Å²) in [5.74, 6) is 2.47. The van der Waals surface area contributed by atoms with Gasteiger partial charge >= 0.3 is 0 Å². The van der Waals surface area contributed by atoms with Gasteiger partial charge in [-0.15, -0.1) is 0 Å². The fourth-order valence-corrected chi connectivity index (χ4v) is 6.42. The zero-order valence-corrected chi connectivity index (χ0v) is 19.2. The number of allylic oxidation sites excluding steroid dienone is 4. The van der Waals surface area contributed by atoms with Gasteiger partial charge in [0.1, 0.15) is 0 Å². The molecule has 164 valence electrons. The maximum absolute atomic E-state index is 12.5. The number of aryl methyl sites for hydroxylation is 1. The molecule has 1 aromatic rings. The second kappa shape index (κ2) is 8.48. The number of fused-ring (bicyclic) bond motifs is 2. The Morgan fingerprint density at radius 2 is 2.03 bits per heavy atom. The third kappa shape index (κ3) is 4.08. The van der Waals surface area contributed by atoms with Gasteiger partial charge in [-0.2, -0.15) is 0 Å². The van der Waals surface area contributed by atoms with Crippen molar-refractivity contribution in [3.63, 3.8) is 0 Å². The van der Waals surface area contributed by atoms with Crippen molar-refractivity contribution in [3.05, 3.63) is 70.5 Å². The Bertz CT molecular complexity index is 934. The minimum absolute atomic E-state index is 0.147. The average Bonchev–Trinajstić information content (AvgIpc) is 3.09. The molecule has 31 heavy (non-hydrogen) atoms. The monoisotopic (exact) mass is 437 g/mol. The predicted octanol–water partition coefficient (Wildman–Crippen LogP) is 4.24. The molecule has 1 saturated heterocycles. The Balaban J connectivity index is 1.18. The Morgan fingerprint density at radius 1 is 1.23 bits per heavy atom. The molecule has 2 fully saturated rings. The van der Waals surface area contributed by atoms with Crippen LogP contribution in [0.1, 0.15) is 24.8 Å². The average molecular weight is 438 g/mol. The number of likely N-dealkylation sites (tertiary alicyclic amines) is 1. The first kappa shape index (κ1) is 20.8. The molecular weight excluding hydrogens is 406 g/mol. The van der Waals surface area contributed by atoms with Gasteiger partial charge in [0.15, 0.2) is 0 Å². The topological polar surface area (TPSA) is 35.6 Å². The Kier molecular flexibility index (Phi) is 5.70. The van der Waals surface area contributed by atoms with E-state index in [1.54, 1.807) is 5.57 Å². The number of nitrogens with zero attached hydrogens (tertiary/aromatic N) is 2. The molecule has 5 rings (SSSR count). The van der Waals surface area contributed by atoms with Crippen LogP contribution in [0.25, 0.3) is 0 Å². The third-order valence-corrected chi connectivity index (χ3v) is 8.02. The number of carbonyl (C=O) groups is 1. The minimum atomic E-state index is 0.147. The molecule has 2 aliphatic heterocycles. The summed E-state index contributed by atoms with van der Waals surface area (Å²) in [6, 6.07) is 8.38. The van der Waals surface area contributed by atoms with E-state index in [1.807, 2.05) is 24.3 Å². The van der Waals surface area contributed by atoms with Crippen molar-refractivity contribution in [1.82, 2.24) is 15.1 Å². The van der Waals surface area contributed by atoms with E-state index >= 15 is 0 Å². The minimum Gasteiger partial charge on any atom is -0.356 e. The highest BCUT2D eigenvalue weighted by Gasteiger charge is 2.49. The molecule has 0 spiro atoms. The number of rotatable bonds is 5. The molecule has 1 amide bonds. The van der Waals surface area contributed by atoms with Gasteiger partial charge in [0.2, 0.25) is 5.91 Å². The molecule has 2 heterocycles. The van der Waals surface area contributed by atoms with Gasteiger partial charge in [0.25, 0.3) is 0 Å². The van der Waals surface area contributed by atoms with Crippen molar-refractivity contribution in [2.45, 2.75) is 31.7 Å². The number of halogens is 1. The first-order chi connectivity index (χ1) is 15.0. The Hall–Kier alpha value is -2.04. The number of amides is 1. The van der Waals surface area contributed by atoms with E-state index in [2.05, 4.69) is 53.6 Å². The molecule has 0 radical (unpaired) electrons. The second-order valence-electron chi connectivity index (χ2n) is 9.75. The molecule has 1 aromatic carbocycles. The van der Waals surface area contributed by atoms with Crippen molar-refractivity contribution >= 4 is 17.5 Å². The highest BCUT2D eigenvalue weighted by Crippen LogP contribution is 2.52. The van der Waals surface area contributed by atoms with Gasteiger partial charge in [-0.25, -0.2) is 0 Å². The van der Waals surface area contributed by atoms with E-state index in [1.165, 1.54) is 18.5 Å². The molecule has 5 heteroatoms. The van der Waals surface area contributed by atoms with Crippen LogP contribution in [0, 0.1) is 23.7 Å². The zero-order chi connectivity index (χ0) is 21.5. The van der Waals surface area contributed by atoms with Gasteiger partial charge in [-0.3, -0.25) is 4.79 Å². The van der Waals surface area contributed by atoms with Gasteiger partial charge in [-0.1, -0.05) is 35.9 Å². The molecule has 1 N–H and O–H groups in total. The summed E-state index contributed by atoms with van der Waals surface area (Å²) in [5, 5.41) is 3.95. The van der Waals surface area contributed by atoms with E-state index in [9.17, 15) is 4.79 Å². The highest BCUT2D eigenvalue weighted by atomic mass is 35.5. The van der Waals surface area contributed by atoms with Crippen LogP contribution in [-0.2, 0) is 11.2 Å². The summed E-state index contributed by atoms with van der Waals surface area (Å²) in [4.78, 5) is 17.3. The first-order valence-electron chi connectivity index (χ1n) is 11.5. The summed E-state index contributed by atoms with van der Waals surface area (Å²) >= 11 is 5.94. The zero-order valence-electron chi connectivity index (χ0n) is 18.4. The van der Waals surface area contributed by atoms with E-state index in [-0.39, 0.29) is 5.91 Å². The van der Waals surface area contributed by atoms with Crippen LogP contribution in [0.3, 0.4) is 0 Å². The van der Waals surface area contributed by atoms with Crippen molar-refractivity contribution in [1.29, 1.82) is 0 Å². The largest absolute Gasteiger partial charge is 0.356 e. The molecule has 1 saturated carbocycles. The number of nitrogens with one attached hydrogen (secondary N) is 1. The van der Waals surface area contributed by atoms with Gasteiger partial charge in [0.05, 0.1) is 0 Å². The van der Waals surface area contributed by atoms with E-state index in [4.69, 9.17) is 11.6 Å². The summed E-state index contributed by atoms with van der Waals surface area (Å²) in [7, 11) is 4.46. The molecule has 5 atom stereocenters. The number of carbonyl (C=O) groups excluding carboxylic acids is 1. The lowest BCUT2D eigenvalue weighted by Gasteiger charge is -2.51. The van der Waals surface area contributed by atoms with E-state index in [0.717, 1.165) is 30.1 Å². The summed E-state index contributed by atoms with van der Waals surface area (Å²) in [6.07, 6.45) is 13.0. The maximum atomic E-state index is 12.5. The number of hydrogen-bond donors (Lipinski definition) is 1. The van der Waals surface area contributed by atoms with Crippen LogP contribution < -0.4 is 5.32 Å². The summed E-state index contributed by atoms with van der Waals surface area (Å²) < 4.78 is 0. The van der Waals surface area contributed by atoms with Crippen molar-refractivity contribution in [2.24, 2.45) is 23.7 Å². The summed E-state index contributed by atoms with van der Waals surface area (Å²) in [5.41, 5.74) is 4.21. The number of benzene rings is 1. The van der Waals surface area contributed by atoms with Crippen molar-refractivity contribution in [3.8, 4) is 0 Å². The van der Waals surface area contributed by atoms with Crippen LogP contribution in [0.5, 0.6) is 0 Å². The van der Waals surface area contributed by atoms with Gasteiger partial charge in [0, 0.05) is 55.4 Å². The smallest absolute Gasteiger partial charge is 0.220 e. The second-order valence-corrected chi connectivity index (χ2v) is 10.2. The van der Waals surface area contributed by atoms with Crippen molar-refractivity contribution in [2.75, 3.05) is 27.2 Å². The quantitative estimate of drug-likeness (QED) is 0.748. The molecule has 4 aliphatic rings. The fourth-order valence-electron chi connectivity index (χ4n) is 6.29. The van der Waals surface area contributed by atoms with Crippen LogP contribution in [0.4, 0.5) is 0 Å². The number of piperidine rings is 1. The van der Waals surface area contributed by atoms with Crippen molar-refractivity contribution < 1.29 is 4.79 Å².